The predicted octanol–water partition coefficient (Wildman–Crippen LogP) is 3.83. The fraction of sp³-hybridized carbons (Fsp3) is 0.583. The van der Waals surface area contributed by atoms with E-state index in [-0.39, 0.29) is 6.47 Å². The molecule has 1 N–H and O–H groups in total. The fourth-order valence-electron chi connectivity index (χ4n) is 1.02. The van der Waals surface area contributed by atoms with Crippen molar-refractivity contribution in [3.05, 3.63) is 16.3 Å². The van der Waals surface area contributed by atoms with Crippen molar-refractivity contribution in [1.82, 2.24) is 0 Å². The molecule has 0 atom stereocenters. The van der Waals surface area contributed by atoms with Gasteiger partial charge in [0.15, 0.2) is 0 Å². The van der Waals surface area contributed by atoms with Crippen LogP contribution in [0.1, 0.15) is 39.0 Å². The van der Waals surface area contributed by atoms with E-state index in [9.17, 15) is 0 Å². The van der Waals surface area contributed by atoms with Crippen molar-refractivity contribution < 1.29 is 14.6 Å². The third-order valence-electron chi connectivity index (χ3n) is 1.48. The monoisotopic (exact) mass is 246 g/mol. The lowest BCUT2D eigenvalue weighted by Crippen LogP contribution is -1.92. The van der Waals surface area contributed by atoms with E-state index >= 15 is 0 Å². The number of hydrogen-bond donors (Lipinski definition) is 1. The molecule has 0 aliphatic rings. The molecule has 0 bridgehead atoms. The van der Waals surface area contributed by atoms with Gasteiger partial charge in [0.2, 0.25) is 0 Å². The van der Waals surface area contributed by atoms with Crippen LogP contribution in [0, 0.1) is 0 Å². The highest BCUT2D eigenvalue weighted by atomic mass is 32.1. The zero-order valence-electron chi connectivity index (χ0n) is 10.5. The molecule has 1 rings (SSSR count). The average Bonchev–Trinajstić information content (AvgIpc) is 2.71. The van der Waals surface area contributed by atoms with Gasteiger partial charge in [0.1, 0.15) is 5.75 Å². The second-order valence-electron chi connectivity index (χ2n) is 2.50. The van der Waals surface area contributed by atoms with Gasteiger partial charge >= 0.3 is 0 Å². The summed E-state index contributed by atoms with van der Waals surface area (Å²) in [6, 6.07) is 2.05. The van der Waals surface area contributed by atoms with Crippen LogP contribution in [0.25, 0.3) is 0 Å². The Kier molecular flexibility index (Phi) is 15.2. The van der Waals surface area contributed by atoms with Crippen LogP contribution in [0.3, 0.4) is 0 Å². The number of rotatable bonds is 4. The molecule has 94 valence electrons. The zero-order chi connectivity index (χ0) is 12.8. The normalized spacial score (nSPS) is 8.00. The van der Waals surface area contributed by atoms with Gasteiger partial charge in [0, 0.05) is 4.88 Å². The molecular weight excluding hydrogens is 224 g/mol. The SMILES string of the molecule is CC.CCCc1sccc1OCC.O=CO. The Morgan fingerprint density at radius 2 is 2.00 bits per heavy atom. The van der Waals surface area contributed by atoms with Crippen molar-refractivity contribution in [3.8, 4) is 5.75 Å². The highest BCUT2D eigenvalue weighted by molar-refractivity contribution is 7.10. The molecule has 1 aromatic rings. The van der Waals surface area contributed by atoms with E-state index in [1.54, 1.807) is 11.3 Å². The van der Waals surface area contributed by atoms with Gasteiger partial charge in [0.05, 0.1) is 6.61 Å². The summed E-state index contributed by atoms with van der Waals surface area (Å²) < 4.78 is 5.44. The average molecular weight is 246 g/mol. The first kappa shape index (κ1) is 17.4. The summed E-state index contributed by atoms with van der Waals surface area (Å²) in [5.74, 6) is 1.08. The molecule has 16 heavy (non-hydrogen) atoms. The first-order chi connectivity index (χ1) is 7.79. The Morgan fingerprint density at radius 3 is 2.44 bits per heavy atom. The maximum Gasteiger partial charge on any atom is 0.290 e. The van der Waals surface area contributed by atoms with E-state index in [1.807, 2.05) is 20.8 Å². The lowest BCUT2D eigenvalue weighted by atomic mass is 10.3. The van der Waals surface area contributed by atoms with Crippen molar-refractivity contribution in [1.29, 1.82) is 0 Å². The Hall–Kier alpha value is -1.03. The molecule has 4 heteroatoms. The van der Waals surface area contributed by atoms with Gasteiger partial charge in [-0.2, -0.15) is 0 Å². The van der Waals surface area contributed by atoms with Crippen LogP contribution >= 0.6 is 11.3 Å². The minimum atomic E-state index is -0.250. The summed E-state index contributed by atoms with van der Waals surface area (Å²) in [5, 5.41) is 8.98. The second-order valence-corrected chi connectivity index (χ2v) is 3.50. The van der Waals surface area contributed by atoms with Crippen LogP contribution in [-0.2, 0) is 11.2 Å². The molecule has 0 aliphatic heterocycles. The number of aryl methyl sites for hydroxylation is 1. The molecule has 1 aromatic heterocycles. The molecule has 3 nitrogen and oxygen atoms in total. The zero-order valence-corrected chi connectivity index (χ0v) is 11.3. The highest BCUT2D eigenvalue weighted by Crippen LogP contribution is 2.25. The first-order valence-corrected chi connectivity index (χ1v) is 6.45. The lowest BCUT2D eigenvalue weighted by Gasteiger charge is -2.02. The molecule has 0 fully saturated rings. The number of carbonyl (C=O) groups is 1. The van der Waals surface area contributed by atoms with Gasteiger partial charge in [-0.3, -0.25) is 4.79 Å². The van der Waals surface area contributed by atoms with E-state index in [1.165, 1.54) is 11.3 Å². The maximum atomic E-state index is 8.36. The molecule has 0 aliphatic carbocycles. The van der Waals surface area contributed by atoms with Gasteiger partial charge in [-0.15, -0.1) is 11.3 Å². The summed E-state index contributed by atoms with van der Waals surface area (Å²) in [6.45, 7) is 8.73. The summed E-state index contributed by atoms with van der Waals surface area (Å²) in [6.07, 6.45) is 2.34. The van der Waals surface area contributed by atoms with Crippen LogP contribution in [-0.4, -0.2) is 18.2 Å². The molecule has 0 radical (unpaired) electrons. The highest BCUT2D eigenvalue weighted by Gasteiger charge is 2.02. The molecular formula is C12H22O3S. The minimum absolute atomic E-state index is 0.250. The van der Waals surface area contributed by atoms with E-state index < -0.39 is 0 Å². The first-order valence-electron chi connectivity index (χ1n) is 5.57. The molecule has 0 unspecified atom stereocenters. The summed E-state index contributed by atoms with van der Waals surface area (Å²) in [5.41, 5.74) is 0. The smallest absolute Gasteiger partial charge is 0.290 e. The topological polar surface area (TPSA) is 46.5 Å². The molecule has 0 aromatic carbocycles. The number of thiophene rings is 1. The van der Waals surface area contributed by atoms with Crippen LogP contribution in [0.2, 0.25) is 0 Å². The summed E-state index contributed by atoms with van der Waals surface area (Å²) >= 11 is 1.79. The molecule has 0 saturated heterocycles. The quantitative estimate of drug-likeness (QED) is 0.821. The maximum absolute atomic E-state index is 8.36. The Bertz CT molecular complexity index is 226. The van der Waals surface area contributed by atoms with Crippen LogP contribution in [0.5, 0.6) is 5.75 Å². The van der Waals surface area contributed by atoms with Crippen molar-refractivity contribution in [2.24, 2.45) is 0 Å². The van der Waals surface area contributed by atoms with Gasteiger partial charge in [-0.25, -0.2) is 0 Å². The Morgan fingerprint density at radius 1 is 1.44 bits per heavy atom. The minimum Gasteiger partial charge on any atom is -0.493 e. The van der Waals surface area contributed by atoms with Crippen molar-refractivity contribution >= 4 is 17.8 Å². The van der Waals surface area contributed by atoms with E-state index in [4.69, 9.17) is 14.6 Å². The van der Waals surface area contributed by atoms with E-state index in [0.29, 0.717) is 0 Å². The van der Waals surface area contributed by atoms with Crippen LogP contribution in [0.4, 0.5) is 0 Å². The van der Waals surface area contributed by atoms with Crippen molar-refractivity contribution in [2.45, 2.75) is 40.5 Å². The van der Waals surface area contributed by atoms with Gasteiger partial charge < -0.3 is 9.84 Å². The number of carboxylic acid groups (broad SMARTS) is 1. The van der Waals surface area contributed by atoms with Gasteiger partial charge in [0.25, 0.3) is 6.47 Å². The van der Waals surface area contributed by atoms with Crippen molar-refractivity contribution in [2.75, 3.05) is 6.61 Å². The summed E-state index contributed by atoms with van der Waals surface area (Å²) in [4.78, 5) is 9.74. The summed E-state index contributed by atoms with van der Waals surface area (Å²) in [7, 11) is 0. The molecule has 0 saturated carbocycles. The van der Waals surface area contributed by atoms with Gasteiger partial charge in [-0.1, -0.05) is 27.2 Å². The largest absolute Gasteiger partial charge is 0.493 e. The second kappa shape index (κ2) is 14.0. The predicted molar refractivity (Wildman–Crippen MR) is 69.5 cm³/mol. The Balaban J connectivity index is 0. The molecule has 0 spiro atoms. The third-order valence-corrected chi connectivity index (χ3v) is 2.44. The fourth-order valence-corrected chi connectivity index (χ4v) is 1.94. The molecule has 0 amide bonds. The van der Waals surface area contributed by atoms with E-state index in [0.717, 1.165) is 18.8 Å². The van der Waals surface area contributed by atoms with Crippen molar-refractivity contribution in [3.63, 3.8) is 0 Å². The number of ether oxygens (including phenoxy) is 1. The van der Waals surface area contributed by atoms with Gasteiger partial charge in [-0.05, 0) is 24.8 Å². The Labute approximate surface area is 102 Å². The third kappa shape index (κ3) is 8.29. The van der Waals surface area contributed by atoms with Crippen LogP contribution < -0.4 is 4.74 Å². The van der Waals surface area contributed by atoms with E-state index in [2.05, 4.69) is 18.4 Å². The lowest BCUT2D eigenvalue weighted by molar-refractivity contribution is -0.122. The molecule has 1 heterocycles. The number of hydrogen-bond acceptors (Lipinski definition) is 3. The standard InChI is InChI=1S/C9H14OS.C2H6.CH2O2/c1-3-5-9-8(10-4-2)6-7-11-9;1-2;2-1-3/h6-7H,3-5H2,1-2H3;1-2H3;1H,(H,2,3). The van der Waals surface area contributed by atoms with Crippen LogP contribution in [0.15, 0.2) is 11.4 Å².